The fraction of sp³-hybridized carbons (Fsp3) is 0. The maximum Gasteiger partial charge on any atom is 0.338 e. The molecule has 0 unspecified atom stereocenters. The van der Waals surface area contributed by atoms with Gasteiger partial charge in [0.25, 0.3) is 0 Å². The minimum Gasteiger partial charge on any atom is -0.478 e. The molecule has 0 fully saturated rings. The number of halogens is 2. The summed E-state index contributed by atoms with van der Waals surface area (Å²) in [6.45, 7) is 0. The second-order valence-electron chi connectivity index (χ2n) is 4.17. The van der Waals surface area contributed by atoms with Crippen LogP contribution in [0.3, 0.4) is 0 Å². The Hall–Kier alpha value is -2.18. The third kappa shape index (κ3) is 2.68. The zero-order chi connectivity index (χ0) is 15.0. The smallest absolute Gasteiger partial charge is 0.338 e. The Labute approximate surface area is 127 Å². The van der Waals surface area contributed by atoms with Gasteiger partial charge in [-0.15, -0.1) is 11.3 Å². The molecule has 3 aromatic rings. The van der Waals surface area contributed by atoms with E-state index in [2.05, 4.69) is 4.98 Å². The molecule has 0 amide bonds. The number of furan rings is 1. The van der Waals surface area contributed by atoms with E-state index in [0.717, 1.165) is 6.26 Å². The molecule has 0 bridgehead atoms. The Morgan fingerprint density at radius 2 is 2.19 bits per heavy atom. The molecule has 4 nitrogen and oxygen atoms in total. The average molecular weight is 324 g/mol. The monoisotopic (exact) mass is 323 g/mol. The predicted octanol–water partition coefficient (Wildman–Crippen LogP) is 4.56. The van der Waals surface area contributed by atoms with Gasteiger partial charge >= 0.3 is 5.97 Å². The van der Waals surface area contributed by atoms with E-state index in [1.54, 1.807) is 5.38 Å². The summed E-state index contributed by atoms with van der Waals surface area (Å²) in [5.74, 6) is -1.19. The van der Waals surface area contributed by atoms with Crippen LogP contribution >= 0.6 is 22.9 Å². The Bertz CT molecular complexity index is 827. The molecule has 0 aliphatic rings. The van der Waals surface area contributed by atoms with Crippen LogP contribution in [0, 0.1) is 5.82 Å². The quantitative estimate of drug-likeness (QED) is 0.767. The number of rotatable bonds is 3. The maximum absolute atomic E-state index is 13.8. The molecule has 21 heavy (non-hydrogen) atoms. The third-order valence-corrected chi connectivity index (χ3v) is 3.87. The van der Waals surface area contributed by atoms with Gasteiger partial charge in [0.2, 0.25) is 0 Å². The minimum absolute atomic E-state index is 0.0356. The number of hydrogen-bond acceptors (Lipinski definition) is 4. The number of thiazole rings is 1. The molecule has 106 valence electrons. The summed E-state index contributed by atoms with van der Waals surface area (Å²) in [6, 6.07) is 5.59. The zero-order valence-corrected chi connectivity index (χ0v) is 11.9. The lowest BCUT2D eigenvalue weighted by molar-refractivity contribution is 0.0696. The molecule has 1 aromatic carbocycles. The molecule has 0 saturated carbocycles. The van der Waals surface area contributed by atoms with Crippen molar-refractivity contribution in [2.75, 3.05) is 0 Å². The van der Waals surface area contributed by atoms with Crippen molar-refractivity contribution in [1.82, 2.24) is 4.98 Å². The Balaban J connectivity index is 1.99. The summed E-state index contributed by atoms with van der Waals surface area (Å²) in [4.78, 5) is 15.1. The molecule has 0 aliphatic heterocycles. The van der Waals surface area contributed by atoms with E-state index >= 15 is 0 Å². The molecule has 7 heteroatoms. The summed E-state index contributed by atoms with van der Waals surface area (Å²) in [6.07, 6.45) is 1.14. The summed E-state index contributed by atoms with van der Waals surface area (Å²) in [5.41, 5.74) is 0.777. The maximum atomic E-state index is 13.8. The second-order valence-corrected chi connectivity index (χ2v) is 5.46. The van der Waals surface area contributed by atoms with Crippen molar-refractivity contribution >= 4 is 28.9 Å². The number of carbonyl (C=O) groups is 1. The predicted molar refractivity (Wildman–Crippen MR) is 77.2 cm³/mol. The number of benzene rings is 1. The molecule has 2 aromatic heterocycles. The van der Waals surface area contributed by atoms with Gasteiger partial charge in [0.1, 0.15) is 22.8 Å². The number of carboxylic acids is 1. The molecule has 0 spiro atoms. The van der Waals surface area contributed by atoms with E-state index in [9.17, 15) is 9.18 Å². The van der Waals surface area contributed by atoms with Crippen LogP contribution < -0.4 is 0 Å². The van der Waals surface area contributed by atoms with E-state index < -0.39 is 11.8 Å². The number of hydrogen-bond donors (Lipinski definition) is 1. The SMILES string of the molecule is O=C(O)c1coc(-c2csc(-c3cc(Cl)ccc3F)n2)c1. The molecule has 0 radical (unpaired) electrons. The van der Waals surface area contributed by atoms with Gasteiger partial charge in [-0.25, -0.2) is 14.2 Å². The minimum atomic E-state index is -1.08. The standard InChI is InChI=1S/C14H7ClFNO3S/c15-8-1-2-10(16)9(4-8)13-17-11(6-21-13)12-3-7(5-20-12)14(18)19/h1-6H,(H,18,19). The summed E-state index contributed by atoms with van der Waals surface area (Å²) < 4.78 is 18.9. The van der Waals surface area contributed by atoms with E-state index in [0.29, 0.717) is 27.0 Å². The highest BCUT2D eigenvalue weighted by Gasteiger charge is 2.15. The molecule has 0 aliphatic carbocycles. The number of aromatic nitrogens is 1. The highest BCUT2D eigenvalue weighted by atomic mass is 35.5. The van der Waals surface area contributed by atoms with Crippen LogP contribution in [0.15, 0.2) is 40.3 Å². The van der Waals surface area contributed by atoms with Gasteiger partial charge in [0.05, 0.1) is 5.56 Å². The van der Waals surface area contributed by atoms with Crippen molar-refractivity contribution in [3.8, 4) is 22.0 Å². The van der Waals surface area contributed by atoms with Crippen LogP contribution in [0.4, 0.5) is 4.39 Å². The first-order chi connectivity index (χ1) is 10.0. The van der Waals surface area contributed by atoms with Crippen LogP contribution in [0.1, 0.15) is 10.4 Å². The van der Waals surface area contributed by atoms with E-state index in [1.165, 1.54) is 35.6 Å². The van der Waals surface area contributed by atoms with Gasteiger partial charge in [-0.1, -0.05) is 11.6 Å². The molecule has 1 N–H and O–H groups in total. The third-order valence-electron chi connectivity index (χ3n) is 2.76. The Morgan fingerprint density at radius 3 is 2.90 bits per heavy atom. The fourth-order valence-electron chi connectivity index (χ4n) is 1.75. The van der Waals surface area contributed by atoms with Crippen molar-refractivity contribution in [1.29, 1.82) is 0 Å². The average Bonchev–Trinajstić information content (AvgIpc) is 3.09. The molecular weight excluding hydrogens is 317 g/mol. The van der Waals surface area contributed by atoms with Gasteiger partial charge in [0.15, 0.2) is 5.76 Å². The fourth-order valence-corrected chi connectivity index (χ4v) is 2.75. The van der Waals surface area contributed by atoms with E-state index in [-0.39, 0.29) is 5.56 Å². The van der Waals surface area contributed by atoms with Crippen LogP contribution in [0.25, 0.3) is 22.0 Å². The van der Waals surface area contributed by atoms with Gasteiger partial charge in [-0.05, 0) is 18.2 Å². The normalized spacial score (nSPS) is 10.8. The molecule has 2 heterocycles. The van der Waals surface area contributed by atoms with Gasteiger partial charge in [0, 0.05) is 22.0 Å². The van der Waals surface area contributed by atoms with E-state index in [1.807, 2.05) is 0 Å². The van der Waals surface area contributed by atoms with Gasteiger partial charge in [-0.3, -0.25) is 0 Å². The Morgan fingerprint density at radius 1 is 1.38 bits per heavy atom. The van der Waals surface area contributed by atoms with E-state index in [4.69, 9.17) is 21.1 Å². The summed E-state index contributed by atoms with van der Waals surface area (Å²) in [5, 5.41) is 11.4. The number of nitrogens with zero attached hydrogens (tertiary/aromatic N) is 1. The van der Waals surface area contributed by atoms with Crippen LogP contribution in [0.5, 0.6) is 0 Å². The van der Waals surface area contributed by atoms with Crippen molar-refractivity contribution in [3.63, 3.8) is 0 Å². The zero-order valence-electron chi connectivity index (χ0n) is 10.3. The molecule has 3 rings (SSSR count). The highest BCUT2D eigenvalue weighted by molar-refractivity contribution is 7.13. The first kappa shape index (κ1) is 13.8. The molecule has 0 atom stereocenters. The first-order valence-corrected chi connectivity index (χ1v) is 7.03. The van der Waals surface area contributed by atoms with Gasteiger partial charge < -0.3 is 9.52 Å². The van der Waals surface area contributed by atoms with Crippen LogP contribution in [0.2, 0.25) is 5.02 Å². The summed E-state index contributed by atoms with van der Waals surface area (Å²) >= 11 is 7.08. The largest absolute Gasteiger partial charge is 0.478 e. The molecular formula is C14H7ClFNO3S. The van der Waals surface area contributed by atoms with Crippen molar-refractivity contribution < 1.29 is 18.7 Å². The number of carboxylic acid groups (broad SMARTS) is 1. The van der Waals surface area contributed by atoms with Crippen LogP contribution in [-0.2, 0) is 0 Å². The lowest BCUT2D eigenvalue weighted by atomic mass is 10.2. The van der Waals surface area contributed by atoms with Gasteiger partial charge in [-0.2, -0.15) is 0 Å². The lowest BCUT2D eigenvalue weighted by Crippen LogP contribution is -1.91. The second kappa shape index (κ2) is 5.31. The summed E-state index contributed by atoms with van der Waals surface area (Å²) in [7, 11) is 0. The topological polar surface area (TPSA) is 63.3 Å². The van der Waals surface area contributed by atoms with Crippen molar-refractivity contribution in [2.24, 2.45) is 0 Å². The first-order valence-electron chi connectivity index (χ1n) is 5.78. The highest BCUT2D eigenvalue weighted by Crippen LogP contribution is 2.32. The number of aromatic carboxylic acids is 1. The van der Waals surface area contributed by atoms with Crippen molar-refractivity contribution in [3.05, 3.63) is 52.3 Å². The molecule has 0 saturated heterocycles. The van der Waals surface area contributed by atoms with Crippen LogP contribution in [-0.4, -0.2) is 16.1 Å². The lowest BCUT2D eigenvalue weighted by Gasteiger charge is -1.99. The van der Waals surface area contributed by atoms with Crippen molar-refractivity contribution in [2.45, 2.75) is 0 Å². The Kier molecular flexibility index (Phi) is 3.48.